The lowest BCUT2D eigenvalue weighted by atomic mass is 9.94. The first-order valence-electron chi connectivity index (χ1n) is 13.3. The Kier molecular flexibility index (Phi) is 7.95. The van der Waals surface area contributed by atoms with E-state index in [9.17, 15) is 15.0 Å². The molecule has 1 amide bonds. The number of morpholine rings is 1. The lowest BCUT2D eigenvalue weighted by Crippen LogP contribution is -2.35. The summed E-state index contributed by atoms with van der Waals surface area (Å²) in [5.74, 6) is -0.342. The van der Waals surface area contributed by atoms with E-state index in [-0.39, 0.29) is 28.9 Å². The number of ether oxygens (including phenoxy) is 1. The SMILES string of the molecule is CCNC(=O)c1noc(-c2cc(-c3cccc(CC)c3)c(O)cc2O)c1-c1ccc(CN2CCOCC2)cc1. The summed E-state index contributed by atoms with van der Waals surface area (Å²) in [6.45, 7) is 8.39. The lowest BCUT2D eigenvalue weighted by molar-refractivity contribution is 0.0342. The maximum atomic E-state index is 13.0. The van der Waals surface area contributed by atoms with Crippen LogP contribution in [0.4, 0.5) is 0 Å². The van der Waals surface area contributed by atoms with Crippen molar-refractivity contribution in [2.24, 2.45) is 0 Å². The van der Waals surface area contributed by atoms with Gasteiger partial charge in [0.1, 0.15) is 11.5 Å². The van der Waals surface area contributed by atoms with E-state index in [1.54, 1.807) is 6.07 Å². The van der Waals surface area contributed by atoms with Gasteiger partial charge in [0.25, 0.3) is 5.91 Å². The number of rotatable bonds is 8. The molecule has 1 fully saturated rings. The molecule has 1 aromatic heterocycles. The fourth-order valence-corrected chi connectivity index (χ4v) is 4.88. The molecule has 0 radical (unpaired) electrons. The fraction of sp³-hybridized carbons (Fsp3) is 0.290. The molecule has 4 aromatic rings. The Morgan fingerprint density at radius 2 is 1.67 bits per heavy atom. The second-order valence-corrected chi connectivity index (χ2v) is 9.62. The molecule has 0 bridgehead atoms. The van der Waals surface area contributed by atoms with Crippen molar-refractivity contribution >= 4 is 5.91 Å². The monoisotopic (exact) mass is 527 g/mol. The number of benzene rings is 3. The Balaban J connectivity index is 1.58. The maximum absolute atomic E-state index is 13.0. The van der Waals surface area contributed by atoms with Gasteiger partial charge in [0.15, 0.2) is 11.5 Å². The van der Waals surface area contributed by atoms with Gasteiger partial charge in [-0.25, -0.2) is 0 Å². The minimum absolute atomic E-state index is 0.0537. The molecule has 8 nitrogen and oxygen atoms in total. The third kappa shape index (κ3) is 5.67. The first-order chi connectivity index (χ1) is 19.0. The zero-order valence-electron chi connectivity index (χ0n) is 22.2. The van der Waals surface area contributed by atoms with E-state index in [1.807, 2.05) is 55.5 Å². The standard InChI is InChI=1S/C31H33N3O5/c1-3-20-6-5-7-23(16-20)24-17-25(27(36)18-26(24)35)30-28(29(33-39-30)31(37)32-4-2)22-10-8-21(9-11-22)19-34-12-14-38-15-13-34/h5-11,16-18,35-36H,3-4,12-15,19H2,1-2H3,(H,32,37). The zero-order valence-corrected chi connectivity index (χ0v) is 22.2. The van der Waals surface area contributed by atoms with Crippen LogP contribution in [-0.4, -0.2) is 59.0 Å². The van der Waals surface area contributed by atoms with Gasteiger partial charge in [0.05, 0.1) is 24.3 Å². The molecule has 2 heterocycles. The molecule has 0 unspecified atom stereocenters. The predicted molar refractivity (Wildman–Crippen MR) is 150 cm³/mol. The molecule has 0 spiro atoms. The second-order valence-electron chi connectivity index (χ2n) is 9.62. The van der Waals surface area contributed by atoms with Gasteiger partial charge in [0.2, 0.25) is 0 Å². The topological polar surface area (TPSA) is 108 Å². The smallest absolute Gasteiger partial charge is 0.274 e. The van der Waals surface area contributed by atoms with Crippen LogP contribution < -0.4 is 5.32 Å². The van der Waals surface area contributed by atoms with Crippen molar-refractivity contribution in [2.45, 2.75) is 26.8 Å². The van der Waals surface area contributed by atoms with Crippen LogP contribution in [-0.2, 0) is 17.7 Å². The summed E-state index contributed by atoms with van der Waals surface area (Å²) in [7, 11) is 0. The van der Waals surface area contributed by atoms with E-state index in [2.05, 4.69) is 22.3 Å². The van der Waals surface area contributed by atoms with Crippen LogP contribution in [0.2, 0.25) is 0 Å². The van der Waals surface area contributed by atoms with Gasteiger partial charge in [-0.15, -0.1) is 0 Å². The molecule has 3 aromatic carbocycles. The highest BCUT2D eigenvalue weighted by Gasteiger charge is 2.27. The lowest BCUT2D eigenvalue weighted by Gasteiger charge is -2.26. The number of aromatic hydroxyl groups is 2. The Morgan fingerprint density at radius 3 is 2.38 bits per heavy atom. The minimum atomic E-state index is -0.367. The number of amides is 1. The Bertz CT molecular complexity index is 1460. The number of aryl methyl sites for hydroxylation is 1. The zero-order chi connectivity index (χ0) is 27.4. The van der Waals surface area contributed by atoms with Crippen LogP contribution in [0.15, 0.2) is 65.2 Å². The van der Waals surface area contributed by atoms with Crippen molar-refractivity contribution in [1.82, 2.24) is 15.4 Å². The van der Waals surface area contributed by atoms with Crippen LogP contribution >= 0.6 is 0 Å². The van der Waals surface area contributed by atoms with E-state index < -0.39 is 0 Å². The Hall–Kier alpha value is -4.14. The largest absolute Gasteiger partial charge is 0.507 e. The van der Waals surface area contributed by atoms with Gasteiger partial charge >= 0.3 is 0 Å². The van der Waals surface area contributed by atoms with Gasteiger partial charge < -0.3 is 24.8 Å². The van der Waals surface area contributed by atoms with Crippen molar-refractivity contribution in [3.8, 4) is 45.1 Å². The normalized spacial score (nSPS) is 13.9. The first-order valence-corrected chi connectivity index (χ1v) is 13.3. The molecule has 1 aliphatic rings. The summed E-state index contributed by atoms with van der Waals surface area (Å²) >= 11 is 0. The van der Waals surface area contributed by atoms with E-state index in [0.717, 1.165) is 61.5 Å². The van der Waals surface area contributed by atoms with Gasteiger partial charge in [-0.05, 0) is 41.7 Å². The number of carbonyl (C=O) groups excluding carboxylic acids is 1. The van der Waals surface area contributed by atoms with Crippen LogP contribution in [0.3, 0.4) is 0 Å². The molecule has 1 saturated heterocycles. The van der Waals surface area contributed by atoms with Crippen LogP contribution in [0, 0.1) is 0 Å². The van der Waals surface area contributed by atoms with Gasteiger partial charge in [-0.1, -0.05) is 60.6 Å². The number of hydrogen-bond acceptors (Lipinski definition) is 7. The molecular weight excluding hydrogens is 494 g/mol. The highest BCUT2D eigenvalue weighted by atomic mass is 16.5. The summed E-state index contributed by atoms with van der Waals surface area (Å²) in [5.41, 5.74) is 5.30. The number of nitrogens with zero attached hydrogens (tertiary/aromatic N) is 2. The highest BCUT2D eigenvalue weighted by Crippen LogP contribution is 2.44. The van der Waals surface area contributed by atoms with Crippen molar-refractivity contribution in [1.29, 1.82) is 0 Å². The maximum Gasteiger partial charge on any atom is 0.274 e. The van der Waals surface area contributed by atoms with E-state index >= 15 is 0 Å². The van der Waals surface area contributed by atoms with E-state index in [1.165, 1.54) is 6.07 Å². The quantitative estimate of drug-likeness (QED) is 0.288. The summed E-state index contributed by atoms with van der Waals surface area (Å²) in [6.07, 6.45) is 0.850. The third-order valence-electron chi connectivity index (χ3n) is 7.00. The molecule has 3 N–H and O–H groups in total. The predicted octanol–water partition coefficient (Wildman–Crippen LogP) is 5.23. The molecule has 8 heteroatoms. The molecular formula is C31H33N3O5. The molecule has 39 heavy (non-hydrogen) atoms. The Morgan fingerprint density at radius 1 is 0.923 bits per heavy atom. The number of phenols is 2. The number of carbonyl (C=O) groups is 1. The van der Waals surface area contributed by atoms with E-state index in [4.69, 9.17) is 9.26 Å². The van der Waals surface area contributed by atoms with Gasteiger partial charge in [-0.2, -0.15) is 0 Å². The number of phenolic OH excluding ortho intramolecular Hbond substituents is 2. The fourth-order valence-electron chi connectivity index (χ4n) is 4.88. The first kappa shape index (κ1) is 26.5. The molecule has 5 rings (SSSR count). The summed E-state index contributed by atoms with van der Waals surface area (Å²) in [5, 5.41) is 28.5. The van der Waals surface area contributed by atoms with Crippen molar-refractivity contribution < 1.29 is 24.3 Å². The van der Waals surface area contributed by atoms with Crippen molar-refractivity contribution in [3.63, 3.8) is 0 Å². The third-order valence-corrected chi connectivity index (χ3v) is 7.00. The second kappa shape index (κ2) is 11.7. The summed E-state index contributed by atoms with van der Waals surface area (Å²) in [4.78, 5) is 15.3. The molecule has 1 aliphatic heterocycles. The van der Waals surface area contributed by atoms with Crippen LogP contribution in [0.25, 0.3) is 33.6 Å². The van der Waals surface area contributed by atoms with E-state index in [0.29, 0.717) is 23.2 Å². The van der Waals surface area contributed by atoms with Gasteiger partial charge in [0, 0.05) is 37.8 Å². The molecule has 202 valence electrons. The van der Waals surface area contributed by atoms with Crippen LogP contribution in [0.5, 0.6) is 11.5 Å². The average Bonchev–Trinajstić information content (AvgIpc) is 3.39. The number of aromatic nitrogens is 1. The highest BCUT2D eigenvalue weighted by molar-refractivity contribution is 6.03. The van der Waals surface area contributed by atoms with Crippen LogP contribution in [0.1, 0.15) is 35.5 Å². The Labute approximate surface area is 227 Å². The summed E-state index contributed by atoms with van der Waals surface area (Å²) in [6, 6.07) is 18.8. The number of hydrogen-bond donors (Lipinski definition) is 3. The molecule has 0 aliphatic carbocycles. The molecule has 0 saturated carbocycles. The summed E-state index contributed by atoms with van der Waals surface area (Å²) < 4.78 is 11.2. The number of nitrogens with one attached hydrogen (secondary N) is 1. The minimum Gasteiger partial charge on any atom is -0.507 e. The van der Waals surface area contributed by atoms with Crippen molar-refractivity contribution in [2.75, 3.05) is 32.8 Å². The van der Waals surface area contributed by atoms with Gasteiger partial charge in [-0.3, -0.25) is 9.69 Å². The average molecular weight is 528 g/mol. The van der Waals surface area contributed by atoms with Crippen molar-refractivity contribution in [3.05, 3.63) is 77.5 Å². The molecule has 0 atom stereocenters.